The van der Waals surface area contributed by atoms with Gasteiger partial charge in [-0.2, -0.15) is 0 Å². The molecule has 0 saturated carbocycles. The Morgan fingerprint density at radius 3 is 2.43 bits per heavy atom. The van der Waals surface area contributed by atoms with E-state index in [0.29, 0.717) is 29.2 Å². The third kappa shape index (κ3) is 4.55. The van der Waals surface area contributed by atoms with E-state index in [2.05, 4.69) is 27.1 Å². The second-order valence-corrected chi connectivity index (χ2v) is 7.18. The second-order valence-electron chi connectivity index (χ2n) is 7.18. The molecular formula is C22H22FN5O2. The van der Waals surface area contributed by atoms with Crippen molar-refractivity contribution in [3.8, 4) is 22.9 Å². The molecule has 3 aromatic rings. The maximum Gasteiger partial charge on any atom is 0.267 e. The summed E-state index contributed by atoms with van der Waals surface area (Å²) in [6, 6.07) is 14.9. The molecule has 1 saturated heterocycles. The minimum atomic E-state index is -0.598. The average Bonchev–Trinajstić information content (AvgIpc) is 2.75. The molecule has 1 amide bonds. The normalized spacial score (nSPS) is 16.3. The lowest BCUT2D eigenvalue weighted by Crippen LogP contribution is -2.49. The molecule has 1 aliphatic heterocycles. The van der Waals surface area contributed by atoms with Crippen molar-refractivity contribution in [1.82, 2.24) is 15.3 Å². The monoisotopic (exact) mass is 407 g/mol. The molecular weight excluding hydrogens is 385 g/mol. The number of piperazine rings is 1. The van der Waals surface area contributed by atoms with Crippen LogP contribution < -0.4 is 20.7 Å². The minimum absolute atomic E-state index is 0.174. The number of hydrogen-bond donors (Lipinski definition) is 2. The van der Waals surface area contributed by atoms with E-state index in [9.17, 15) is 9.18 Å². The SMILES string of the molecule is CC1CN(c2cc(C(N)=O)nc(-c3ccc(Oc4ccc(F)cc4)cc3)n2)CCN1. The van der Waals surface area contributed by atoms with Crippen molar-refractivity contribution in [1.29, 1.82) is 0 Å². The van der Waals surface area contributed by atoms with Crippen molar-refractivity contribution in [2.75, 3.05) is 24.5 Å². The van der Waals surface area contributed by atoms with Gasteiger partial charge in [-0.1, -0.05) is 0 Å². The summed E-state index contributed by atoms with van der Waals surface area (Å²) in [6.07, 6.45) is 0. The van der Waals surface area contributed by atoms with Crippen LogP contribution in [0, 0.1) is 5.82 Å². The summed E-state index contributed by atoms with van der Waals surface area (Å²) in [7, 11) is 0. The molecule has 0 aliphatic carbocycles. The van der Waals surface area contributed by atoms with Crippen LogP contribution in [0.15, 0.2) is 54.6 Å². The number of anilines is 1. The van der Waals surface area contributed by atoms with Crippen LogP contribution >= 0.6 is 0 Å². The first-order valence-electron chi connectivity index (χ1n) is 9.69. The lowest BCUT2D eigenvalue weighted by molar-refractivity contribution is 0.0995. The van der Waals surface area contributed by atoms with Crippen LogP contribution in [0.2, 0.25) is 0 Å². The maximum atomic E-state index is 13.0. The second kappa shape index (κ2) is 8.46. The van der Waals surface area contributed by atoms with Crippen LogP contribution in [0.5, 0.6) is 11.5 Å². The Labute approximate surface area is 173 Å². The number of amides is 1. The van der Waals surface area contributed by atoms with Gasteiger partial charge in [0.2, 0.25) is 0 Å². The van der Waals surface area contributed by atoms with Gasteiger partial charge in [0.1, 0.15) is 28.8 Å². The molecule has 1 atom stereocenters. The number of hydrogen-bond acceptors (Lipinski definition) is 6. The predicted molar refractivity (Wildman–Crippen MR) is 112 cm³/mol. The first kappa shape index (κ1) is 19.8. The molecule has 8 heteroatoms. The molecule has 1 fully saturated rings. The number of primary amides is 1. The van der Waals surface area contributed by atoms with Crippen molar-refractivity contribution in [3.63, 3.8) is 0 Å². The summed E-state index contributed by atoms with van der Waals surface area (Å²) in [5.74, 6) is 1.30. The molecule has 0 spiro atoms. The number of halogens is 1. The number of nitrogens with one attached hydrogen (secondary N) is 1. The number of nitrogens with zero attached hydrogens (tertiary/aromatic N) is 3. The first-order valence-corrected chi connectivity index (χ1v) is 9.69. The smallest absolute Gasteiger partial charge is 0.267 e. The molecule has 1 aromatic heterocycles. The highest BCUT2D eigenvalue weighted by molar-refractivity contribution is 5.92. The van der Waals surface area contributed by atoms with Gasteiger partial charge in [0, 0.05) is 37.3 Å². The van der Waals surface area contributed by atoms with Crippen LogP contribution in [-0.2, 0) is 0 Å². The molecule has 2 heterocycles. The van der Waals surface area contributed by atoms with Crippen molar-refractivity contribution in [2.45, 2.75) is 13.0 Å². The maximum absolute atomic E-state index is 13.0. The fourth-order valence-corrected chi connectivity index (χ4v) is 3.30. The largest absolute Gasteiger partial charge is 0.457 e. The Bertz CT molecular complexity index is 1040. The molecule has 7 nitrogen and oxygen atoms in total. The van der Waals surface area contributed by atoms with Gasteiger partial charge < -0.3 is 20.7 Å². The third-order valence-corrected chi connectivity index (χ3v) is 4.82. The van der Waals surface area contributed by atoms with Gasteiger partial charge in [0.05, 0.1) is 0 Å². The van der Waals surface area contributed by atoms with E-state index in [-0.39, 0.29) is 11.5 Å². The van der Waals surface area contributed by atoms with Gasteiger partial charge in [-0.25, -0.2) is 14.4 Å². The number of ether oxygens (including phenoxy) is 1. The van der Waals surface area contributed by atoms with Gasteiger partial charge >= 0.3 is 0 Å². The fourth-order valence-electron chi connectivity index (χ4n) is 3.30. The Kier molecular flexibility index (Phi) is 5.58. The van der Waals surface area contributed by atoms with E-state index in [4.69, 9.17) is 10.5 Å². The zero-order valence-corrected chi connectivity index (χ0v) is 16.5. The molecule has 3 N–H and O–H groups in total. The van der Waals surface area contributed by atoms with Crippen LogP contribution in [0.4, 0.5) is 10.2 Å². The van der Waals surface area contributed by atoms with E-state index in [1.165, 1.54) is 12.1 Å². The number of rotatable bonds is 5. The first-order chi connectivity index (χ1) is 14.5. The Morgan fingerprint density at radius 2 is 1.80 bits per heavy atom. The highest BCUT2D eigenvalue weighted by Crippen LogP contribution is 2.26. The van der Waals surface area contributed by atoms with Crippen molar-refractivity contribution < 1.29 is 13.9 Å². The highest BCUT2D eigenvalue weighted by atomic mass is 19.1. The number of nitrogens with two attached hydrogens (primary N) is 1. The molecule has 4 rings (SSSR count). The van der Waals surface area contributed by atoms with Crippen molar-refractivity contribution in [2.24, 2.45) is 5.73 Å². The Hall–Kier alpha value is -3.52. The van der Waals surface area contributed by atoms with Crippen LogP contribution in [-0.4, -0.2) is 41.6 Å². The summed E-state index contributed by atoms with van der Waals surface area (Å²) >= 11 is 0. The zero-order valence-electron chi connectivity index (χ0n) is 16.5. The molecule has 1 unspecified atom stereocenters. The van der Waals surface area contributed by atoms with Crippen LogP contribution in [0.3, 0.4) is 0 Å². The van der Waals surface area contributed by atoms with Crippen LogP contribution in [0.1, 0.15) is 17.4 Å². The summed E-state index contributed by atoms with van der Waals surface area (Å²) in [4.78, 5) is 22.9. The molecule has 0 bridgehead atoms. The van der Waals surface area contributed by atoms with Gasteiger partial charge in [-0.15, -0.1) is 0 Å². The quantitative estimate of drug-likeness (QED) is 0.675. The number of carbonyl (C=O) groups is 1. The van der Waals surface area contributed by atoms with Crippen molar-refractivity contribution in [3.05, 3.63) is 66.1 Å². The van der Waals surface area contributed by atoms with Gasteiger partial charge in [-0.05, 0) is 55.5 Å². The predicted octanol–water partition coefficient (Wildman–Crippen LogP) is 2.97. The Balaban J connectivity index is 1.60. The fraction of sp³-hybridized carbons (Fsp3) is 0.227. The summed E-state index contributed by atoms with van der Waals surface area (Å²) in [6.45, 7) is 4.49. The van der Waals surface area contributed by atoms with Gasteiger partial charge in [-0.3, -0.25) is 4.79 Å². The Morgan fingerprint density at radius 1 is 1.13 bits per heavy atom. The molecule has 0 radical (unpaired) electrons. The summed E-state index contributed by atoms with van der Waals surface area (Å²) in [5, 5.41) is 3.38. The molecule has 30 heavy (non-hydrogen) atoms. The number of benzene rings is 2. The van der Waals surface area contributed by atoms with E-state index in [1.807, 2.05) is 12.1 Å². The van der Waals surface area contributed by atoms with E-state index >= 15 is 0 Å². The van der Waals surface area contributed by atoms with Crippen LogP contribution in [0.25, 0.3) is 11.4 Å². The minimum Gasteiger partial charge on any atom is -0.457 e. The van der Waals surface area contributed by atoms with Gasteiger partial charge in [0.15, 0.2) is 5.82 Å². The zero-order chi connectivity index (χ0) is 21.1. The van der Waals surface area contributed by atoms with E-state index < -0.39 is 5.91 Å². The van der Waals surface area contributed by atoms with E-state index in [0.717, 1.165) is 25.2 Å². The third-order valence-electron chi connectivity index (χ3n) is 4.82. The standard InChI is InChI=1S/C22H22FN5O2/c1-14-13-28(11-10-25-14)20-12-19(21(24)29)26-22(27-20)15-2-6-17(7-3-15)30-18-8-4-16(23)5-9-18/h2-9,12,14,25H,10-11,13H2,1H3,(H2,24,29). The lowest BCUT2D eigenvalue weighted by atomic mass is 10.2. The topological polar surface area (TPSA) is 93.4 Å². The highest BCUT2D eigenvalue weighted by Gasteiger charge is 2.20. The number of carbonyl (C=O) groups excluding carboxylic acids is 1. The molecule has 2 aromatic carbocycles. The lowest BCUT2D eigenvalue weighted by Gasteiger charge is -2.33. The average molecular weight is 407 g/mol. The van der Waals surface area contributed by atoms with Gasteiger partial charge in [0.25, 0.3) is 5.91 Å². The number of aromatic nitrogens is 2. The summed E-state index contributed by atoms with van der Waals surface area (Å²) < 4.78 is 18.8. The molecule has 154 valence electrons. The van der Waals surface area contributed by atoms with Crippen molar-refractivity contribution >= 4 is 11.7 Å². The molecule has 1 aliphatic rings. The van der Waals surface area contributed by atoms with E-state index in [1.54, 1.807) is 30.3 Å². The summed E-state index contributed by atoms with van der Waals surface area (Å²) in [5.41, 5.74) is 6.40.